The molecule has 1 rings (SSSR count). The normalized spacial score (nSPS) is 11.5. The van der Waals surface area contributed by atoms with Crippen LogP contribution < -0.4 is 15.8 Å². The number of ether oxygens (including phenoxy) is 1. The van der Waals surface area contributed by atoms with Gasteiger partial charge in [-0.3, -0.25) is 19.3 Å². The zero-order valence-electron chi connectivity index (χ0n) is 14.6. The van der Waals surface area contributed by atoms with Crippen LogP contribution >= 0.6 is 0 Å². The van der Waals surface area contributed by atoms with E-state index in [0.717, 1.165) is 16.0 Å². The van der Waals surface area contributed by atoms with Crippen molar-refractivity contribution in [3.05, 3.63) is 29.3 Å². The van der Waals surface area contributed by atoms with Crippen LogP contribution in [0.25, 0.3) is 0 Å². The first-order chi connectivity index (χ1) is 11.3. The summed E-state index contributed by atoms with van der Waals surface area (Å²) >= 11 is 0. The van der Waals surface area contributed by atoms with Crippen molar-refractivity contribution in [2.24, 2.45) is 5.73 Å². The van der Waals surface area contributed by atoms with Gasteiger partial charge >= 0.3 is 11.8 Å². The number of carbonyl (C=O) groups is 3. The van der Waals surface area contributed by atoms with Crippen molar-refractivity contribution < 1.29 is 19.1 Å². The molecule has 3 N–H and O–H groups in total. The van der Waals surface area contributed by atoms with Gasteiger partial charge in [-0.25, -0.2) is 0 Å². The fourth-order valence-electron chi connectivity index (χ4n) is 2.28. The summed E-state index contributed by atoms with van der Waals surface area (Å²) in [5.74, 6) is -1.63. The molecule has 7 heteroatoms. The van der Waals surface area contributed by atoms with E-state index in [0.29, 0.717) is 12.4 Å². The minimum Gasteiger partial charge on any atom is -0.494 e. The van der Waals surface area contributed by atoms with E-state index in [1.807, 2.05) is 32.0 Å². The molecule has 0 spiro atoms. The molecular weight excluding hydrogens is 310 g/mol. The van der Waals surface area contributed by atoms with E-state index in [1.54, 1.807) is 6.92 Å². The third-order valence-corrected chi connectivity index (χ3v) is 3.45. The van der Waals surface area contributed by atoms with Gasteiger partial charge in [-0.15, -0.1) is 0 Å². The van der Waals surface area contributed by atoms with Crippen molar-refractivity contribution in [2.75, 3.05) is 19.7 Å². The van der Waals surface area contributed by atoms with Gasteiger partial charge in [0.2, 0.25) is 5.91 Å². The van der Waals surface area contributed by atoms with Crippen LogP contribution in [0.1, 0.15) is 37.9 Å². The number of hydrogen-bond acceptors (Lipinski definition) is 5. The zero-order chi connectivity index (χ0) is 18.3. The van der Waals surface area contributed by atoms with Crippen LogP contribution in [0.5, 0.6) is 5.75 Å². The van der Waals surface area contributed by atoms with Crippen LogP contribution in [0.2, 0.25) is 0 Å². The fraction of sp³-hybridized carbons (Fsp3) is 0.471. The first-order valence-corrected chi connectivity index (χ1v) is 7.88. The minimum absolute atomic E-state index is 0.00457. The maximum absolute atomic E-state index is 12.2. The Morgan fingerprint density at radius 2 is 2.00 bits per heavy atom. The van der Waals surface area contributed by atoms with E-state index in [4.69, 9.17) is 10.5 Å². The van der Waals surface area contributed by atoms with Crippen molar-refractivity contribution in [3.63, 3.8) is 0 Å². The van der Waals surface area contributed by atoms with Crippen LogP contribution in [0, 0.1) is 6.92 Å². The summed E-state index contributed by atoms with van der Waals surface area (Å²) in [6.45, 7) is 7.36. The molecule has 0 fully saturated rings. The lowest BCUT2D eigenvalue weighted by Gasteiger charge is -2.21. The molecule has 0 aliphatic rings. The molecule has 1 aromatic rings. The summed E-state index contributed by atoms with van der Waals surface area (Å²) in [5.41, 5.74) is 7.15. The van der Waals surface area contributed by atoms with Gasteiger partial charge in [-0.2, -0.15) is 0 Å². The lowest BCUT2D eigenvalue weighted by atomic mass is 10.0. The Hall–Kier alpha value is -2.41. The SMILES string of the molecule is CCOc1ccc(C)cc1C(C)NC(=O)C(=O)N(CCN)C(C)=O. The highest BCUT2D eigenvalue weighted by Gasteiger charge is 2.26. The van der Waals surface area contributed by atoms with E-state index >= 15 is 0 Å². The first kappa shape index (κ1) is 19.6. The standard InChI is InChI=1S/C17H25N3O4/c1-5-24-15-7-6-11(2)10-14(15)12(3)19-16(22)17(23)20(9-8-18)13(4)21/h6-7,10,12H,5,8-9,18H2,1-4H3,(H,19,22). The number of aryl methyl sites for hydroxylation is 1. The molecule has 1 atom stereocenters. The monoisotopic (exact) mass is 335 g/mol. The average Bonchev–Trinajstić information content (AvgIpc) is 2.53. The number of imide groups is 1. The van der Waals surface area contributed by atoms with Crippen LogP contribution in [0.4, 0.5) is 0 Å². The Kier molecular flexibility index (Phi) is 7.38. The van der Waals surface area contributed by atoms with Gasteiger partial charge in [0.1, 0.15) is 5.75 Å². The molecule has 0 saturated carbocycles. The lowest BCUT2D eigenvalue weighted by molar-refractivity contribution is -0.152. The smallest absolute Gasteiger partial charge is 0.318 e. The largest absolute Gasteiger partial charge is 0.494 e. The molecule has 24 heavy (non-hydrogen) atoms. The second-order valence-corrected chi connectivity index (χ2v) is 5.43. The molecule has 1 aromatic carbocycles. The van der Waals surface area contributed by atoms with Crippen molar-refractivity contribution in [1.29, 1.82) is 0 Å². The molecule has 0 heterocycles. The Balaban J connectivity index is 2.92. The second kappa shape index (κ2) is 9.02. The molecule has 0 aliphatic carbocycles. The van der Waals surface area contributed by atoms with E-state index < -0.39 is 23.8 Å². The van der Waals surface area contributed by atoms with Crippen molar-refractivity contribution in [3.8, 4) is 5.75 Å². The predicted octanol–water partition coefficient (Wildman–Crippen LogP) is 0.905. The van der Waals surface area contributed by atoms with Gasteiger partial charge in [0, 0.05) is 25.6 Å². The van der Waals surface area contributed by atoms with Crippen molar-refractivity contribution in [2.45, 2.75) is 33.7 Å². The second-order valence-electron chi connectivity index (χ2n) is 5.43. The van der Waals surface area contributed by atoms with E-state index in [-0.39, 0.29) is 13.1 Å². The first-order valence-electron chi connectivity index (χ1n) is 7.88. The van der Waals surface area contributed by atoms with Crippen LogP contribution in [-0.2, 0) is 14.4 Å². The molecule has 3 amide bonds. The topological polar surface area (TPSA) is 102 Å². The minimum atomic E-state index is -0.912. The molecule has 132 valence electrons. The summed E-state index contributed by atoms with van der Waals surface area (Å²) in [5, 5.41) is 2.61. The van der Waals surface area contributed by atoms with Gasteiger partial charge in [0.25, 0.3) is 0 Å². The number of nitrogens with zero attached hydrogens (tertiary/aromatic N) is 1. The molecule has 0 aliphatic heterocycles. The highest BCUT2D eigenvalue weighted by atomic mass is 16.5. The quantitative estimate of drug-likeness (QED) is 0.752. The van der Waals surface area contributed by atoms with Gasteiger partial charge in [-0.05, 0) is 26.8 Å². The van der Waals surface area contributed by atoms with Crippen molar-refractivity contribution >= 4 is 17.7 Å². The summed E-state index contributed by atoms with van der Waals surface area (Å²) in [6.07, 6.45) is 0. The molecular formula is C17H25N3O4. The summed E-state index contributed by atoms with van der Waals surface area (Å²) in [7, 11) is 0. The lowest BCUT2D eigenvalue weighted by Crippen LogP contribution is -2.47. The highest BCUT2D eigenvalue weighted by molar-refractivity contribution is 6.37. The van der Waals surface area contributed by atoms with Crippen molar-refractivity contribution in [1.82, 2.24) is 10.2 Å². The van der Waals surface area contributed by atoms with Gasteiger partial charge < -0.3 is 15.8 Å². The maximum atomic E-state index is 12.2. The zero-order valence-corrected chi connectivity index (χ0v) is 14.6. The summed E-state index contributed by atoms with van der Waals surface area (Å²) < 4.78 is 5.56. The molecule has 0 bridgehead atoms. The van der Waals surface area contributed by atoms with Crippen LogP contribution in [0.3, 0.4) is 0 Å². The average molecular weight is 335 g/mol. The Bertz CT molecular complexity index is 616. The van der Waals surface area contributed by atoms with Gasteiger partial charge in [-0.1, -0.05) is 17.7 Å². The summed E-state index contributed by atoms with van der Waals surface area (Å²) in [4.78, 5) is 36.6. The van der Waals surface area contributed by atoms with Gasteiger partial charge in [0.05, 0.1) is 12.6 Å². The number of benzene rings is 1. The molecule has 1 unspecified atom stereocenters. The number of amides is 3. The fourth-order valence-corrected chi connectivity index (χ4v) is 2.28. The van der Waals surface area contributed by atoms with E-state index in [9.17, 15) is 14.4 Å². The number of hydrogen-bond donors (Lipinski definition) is 2. The maximum Gasteiger partial charge on any atom is 0.318 e. The number of nitrogens with one attached hydrogen (secondary N) is 1. The Labute approximate surface area is 142 Å². The number of carbonyl (C=O) groups excluding carboxylic acids is 3. The third kappa shape index (κ3) is 5.06. The Morgan fingerprint density at radius 1 is 1.33 bits per heavy atom. The third-order valence-electron chi connectivity index (χ3n) is 3.45. The van der Waals surface area contributed by atoms with Crippen LogP contribution in [0.15, 0.2) is 18.2 Å². The summed E-state index contributed by atoms with van der Waals surface area (Å²) in [6, 6.07) is 5.18. The number of rotatable bonds is 6. The predicted molar refractivity (Wildman–Crippen MR) is 90.4 cm³/mol. The Morgan fingerprint density at radius 3 is 2.54 bits per heavy atom. The molecule has 0 aromatic heterocycles. The van der Waals surface area contributed by atoms with Crippen LogP contribution in [-0.4, -0.2) is 42.3 Å². The van der Waals surface area contributed by atoms with E-state index in [1.165, 1.54) is 6.92 Å². The highest BCUT2D eigenvalue weighted by Crippen LogP contribution is 2.26. The molecule has 7 nitrogen and oxygen atoms in total. The van der Waals surface area contributed by atoms with E-state index in [2.05, 4.69) is 5.32 Å². The molecule has 0 saturated heterocycles. The number of nitrogens with two attached hydrogens (primary N) is 1. The van der Waals surface area contributed by atoms with Gasteiger partial charge in [0.15, 0.2) is 0 Å². The molecule has 0 radical (unpaired) electrons.